The first-order valence-corrected chi connectivity index (χ1v) is 22.0. The summed E-state index contributed by atoms with van der Waals surface area (Å²) in [5.41, 5.74) is 15.3. The van der Waals surface area contributed by atoms with Crippen LogP contribution < -0.4 is 0 Å². The molecular formula is C60H38N4O. The standard InChI is InChI=1S/C60H38N4O/c1-2-15-39(16-3-1)42-18-14-19-43(33-42)53-38-52(40-29-31-41(32-30-40)59-36-44-17-4-13-28-58(44)65-59)61-60(62-53)45-34-46(63-54-24-9-5-20-48(54)49-21-6-10-25-55(49)63)37-47(35-45)64-56-26-11-7-22-50(56)51-23-8-12-27-57(51)64/h1-38H. The van der Waals surface area contributed by atoms with Gasteiger partial charge in [-0.1, -0.05) is 164 Å². The summed E-state index contributed by atoms with van der Waals surface area (Å²) >= 11 is 0. The minimum Gasteiger partial charge on any atom is -0.456 e. The largest absolute Gasteiger partial charge is 0.456 e. The average Bonchev–Trinajstić information content (AvgIpc) is 4.07. The second-order valence-corrected chi connectivity index (χ2v) is 16.6. The van der Waals surface area contributed by atoms with Crippen molar-refractivity contribution in [2.75, 3.05) is 0 Å². The zero-order valence-electron chi connectivity index (χ0n) is 35.1. The molecule has 9 aromatic carbocycles. The van der Waals surface area contributed by atoms with Gasteiger partial charge in [-0.3, -0.25) is 0 Å². The van der Waals surface area contributed by atoms with Gasteiger partial charge in [-0.15, -0.1) is 0 Å². The predicted molar refractivity (Wildman–Crippen MR) is 268 cm³/mol. The van der Waals surface area contributed by atoms with Crippen LogP contribution in [0.1, 0.15) is 0 Å². The number of furan rings is 1. The molecule has 0 amide bonds. The lowest BCUT2D eigenvalue weighted by Crippen LogP contribution is -2.02. The van der Waals surface area contributed by atoms with Gasteiger partial charge in [-0.05, 0) is 77.9 Å². The SMILES string of the molecule is c1ccc(-c2cccc(-c3cc(-c4ccc(-c5cc6ccccc6o5)cc4)nc(-c4cc(-n5c6ccccc6c6ccccc65)cc(-n5c6ccccc6c6ccccc65)c4)n3)c2)cc1. The highest BCUT2D eigenvalue weighted by Crippen LogP contribution is 2.39. The molecule has 0 N–H and O–H groups in total. The number of fused-ring (bicyclic) bond motifs is 7. The highest BCUT2D eigenvalue weighted by Gasteiger charge is 2.20. The quantitative estimate of drug-likeness (QED) is 0.161. The molecule has 4 aromatic heterocycles. The smallest absolute Gasteiger partial charge is 0.160 e. The second-order valence-electron chi connectivity index (χ2n) is 16.6. The molecule has 4 heterocycles. The van der Waals surface area contributed by atoms with Crippen molar-refractivity contribution in [1.29, 1.82) is 0 Å². The summed E-state index contributed by atoms with van der Waals surface area (Å²) < 4.78 is 11.0. The van der Waals surface area contributed by atoms with Gasteiger partial charge in [-0.25, -0.2) is 9.97 Å². The molecule has 5 nitrogen and oxygen atoms in total. The lowest BCUT2D eigenvalue weighted by molar-refractivity contribution is 0.631. The summed E-state index contributed by atoms with van der Waals surface area (Å²) in [5, 5.41) is 5.90. The van der Waals surface area contributed by atoms with Crippen LogP contribution in [-0.2, 0) is 0 Å². The lowest BCUT2D eigenvalue weighted by atomic mass is 10.00. The van der Waals surface area contributed by atoms with Crippen LogP contribution in [0.25, 0.3) is 122 Å². The van der Waals surface area contributed by atoms with Gasteiger partial charge in [0.15, 0.2) is 5.82 Å². The van der Waals surface area contributed by atoms with Gasteiger partial charge in [0, 0.05) is 60.6 Å². The number of aromatic nitrogens is 4. The van der Waals surface area contributed by atoms with E-state index in [2.05, 4.69) is 221 Å². The van der Waals surface area contributed by atoms with Crippen LogP contribution in [-0.4, -0.2) is 19.1 Å². The third kappa shape index (κ3) is 6.24. The molecule has 0 atom stereocenters. The third-order valence-electron chi connectivity index (χ3n) is 12.7. The summed E-state index contributed by atoms with van der Waals surface area (Å²) in [7, 11) is 0. The summed E-state index contributed by atoms with van der Waals surface area (Å²) in [6.45, 7) is 0. The Bertz CT molecular complexity index is 3680. The Labute approximate surface area is 374 Å². The molecule has 0 radical (unpaired) electrons. The van der Waals surface area contributed by atoms with E-state index in [-0.39, 0.29) is 0 Å². The van der Waals surface area contributed by atoms with Crippen molar-refractivity contribution in [2.24, 2.45) is 0 Å². The monoisotopic (exact) mass is 830 g/mol. The van der Waals surface area contributed by atoms with Crippen molar-refractivity contribution in [3.63, 3.8) is 0 Å². The van der Waals surface area contributed by atoms with Crippen molar-refractivity contribution < 1.29 is 4.42 Å². The molecule has 0 fully saturated rings. The van der Waals surface area contributed by atoms with Crippen LogP contribution in [0.5, 0.6) is 0 Å². The van der Waals surface area contributed by atoms with Crippen LogP contribution in [0, 0.1) is 0 Å². The Balaban J connectivity index is 1.06. The Kier molecular flexibility index (Phi) is 8.46. The van der Waals surface area contributed by atoms with E-state index in [1.54, 1.807) is 0 Å². The molecular weight excluding hydrogens is 793 g/mol. The molecule has 0 aliphatic carbocycles. The Morgan fingerprint density at radius 1 is 0.308 bits per heavy atom. The van der Waals surface area contributed by atoms with Gasteiger partial charge in [0.1, 0.15) is 11.3 Å². The first-order chi connectivity index (χ1) is 32.2. The van der Waals surface area contributed by atoms with Crippen molar-refractivity contribution >= 4 is 54.6 Å². The molecule has 0 saturated heterocycles. The molecule has 0 aliphatic heterocycles. The molecule has 0 bridgehead atoms. The molecule has 13 rings (SSSR count). The first-order valence-electron chi connectivity index (χ1n) is 22.0. The van der Waals surface area contributed by atoms with Crippen LogP contribution >= 0.6 is 0 Å². The fourth-order valence-electron chi connectivity index (χ4n) is 9.67. The van der Waals surface area contributed by atoms with Crippen molar-refractivity contribution in [3.8, 4) is 67.7 Å². The summed E-state index contributed by atoms with van der Waals surface area (Å²) in [5.74, 6) is 1.47. The first kappa shape index (κ1) is 36.8. The molecule has 0 saturated carbocycles. The van der Waals surface area contributed by atoms with Crippen molar-refractivity contribution in [3.05, 3.63) is 231 Å². The highest BCUT2D eigenvalue weighted by molar-refractivity contribution is 6.10. The number of benzene rings is 9. The number of hydrogen-bond donors (Lipinski definition) is 0. The van der Waals surface area contributed by atoms with Gasteiger partial charge in [0.05, 0.1) is 33.5 Å². The van der Waals surface area contributed by atoms with E-state index in [4.69, 9.17) is 14.4 Å². The number of hydrogen-bond acceptors (Lipinski definition) is 3. The van der Waals surface area contributed by atoms with E-state index in [1.165, 1.54) is 21.5 Å². The Morgan fingerprint density at radius 2 is 0.785 bits per heavy atom. The molecule has 0 unspecified atom stereocenters. The van der Waals surface area contributed by atoms with E-state index >= 15 is 0 Å². The lowest BCUT2D eigenvalue weighted by Gasteiger charge is -2.16. The molecule has 13 aromatic rings. The van der Waals surface area contributed by atoms with Crippen LogP contribution in [0.2, 0.25) is 0 Å². The summed E-state index contributed by atoms with van der Waals surface area (Å²) in [4.78, 5) is 10.9. The van der Waals surface area contributed by atoms with Gasteiger partial charge in [0.25, 0.3) is 0 Å². The number of para-hydroxylation sites is 5. The predicted octanol–water partition coefficient (Wildman–Crippen LogP) is 15.8. The average molecular weight is 831 g/mol. The summed E-state index contributed by atoms with van der Waals surface area (Å²) in [6, 6.07) is 81.5. The van der Waals surface area contributed by atoms with Crippen LogP contribution in [0.3, 0.4) is 0 Å². The highest BCUT2D eigenvalue weighted by atomic mass is 16.3. The van der Waals surface area contributed by atoms with E-state index in [0.29, 0.717) is 5.82 Å². The number of rotatable bonds is 7. The van der Waals surface area contributed by atoms with Crippen LogP contribution in [0.4, 0.5) is 0 Å². The maximum Gasteiger partial charge on any atom is 0.160 e. The topological polar surface area (TPSA) is 48.8 Å². The van der Waals surface area contributed by atoms with E-state index in [0.717, 1.165) is 94.9 Å². The van der Waals surface area contributed by atoms with Crippen molar-refractivity contribution in [1.82, 2.24) is 19.1 Å². The number of nitrogens with zero attached hydrogens (tertiary/aromatic N) is 4. The van der Waals surface area contributed by atoms with E-state index in [9.17, 15) is 0 Å². The molecule has 65 heavy (non-hydrogen) atoms. The molecule has 304 valence electrons. The molecule has 5 heteroatoms. The third-order valence-corrected chi connectivity index (χ3v) is 12.7. The minimum absolute atomic E-state index is 0.633. The van der Waals surface area contributed by atoms with Crippen molar-refractivity contribution in [2.45, 2.75) is 0 Å². The Hall–Kier alpha value is -8.80. The van der Waals surface area contributed by atoms with E-state index in [1.807, 2.05) is 18.2 Å². The van der Waals surface area contributed by atoms with Gasteiger partial charge in [-0.2, -0.15) is 0 Å². The molecule has 0 spiro atoms. The van der Waals surface area contributed by atoms with E-state index < -0.39 is 0 Å². The molecule has 0 aliphatic rings. The zero-order valence-corrected chi connectivity index (χ0v) is 35.1. The van der Waals surface area contributed by atoms with Gasteiger partial charge in [0.2, 0.25) is 0 Å². The fourth-order valence-corrected chi connectivity index (χ4v) is 9.67. The fraction of sp³-hybridized carbons (Fsp3) is 0. The maximum absolute atomic E-state index is 6.26. The zero-order chi connectivity index (χ0) is 42.8. The van der Waals surface area contributed by atoms with Crippen LogP contribution in [0.15, 0.2) is 235 Å². The maximum atomic E-state index is 6.26. The Morgan fingerprint density at radius 3 is 1.37 bits per heavy atom. The van der Waals surface area contributed by atoms with Gasteiger partial charge < -0.3 is 13.6 Å². The minimum atomic E-state index is 0.633. The normalized spacial score (nSPS) is 11.7. The summed E-state index contributed by atoms with van der Waals surface area (Å²) in [6.07, 6.45) is 0. The van der Waals surface area contributed by atoms with Gasteiger partial charge >= 0.3 is 0 Å². The second kappa shape index (κ2) is 14.9.